The largest absolute Gasteiger partial charge is 0.493 e. The minimum atomic E-state index is -0.632. The minimum Gasteiger partial charge on any atom is -0.493 e. The first kappa shape index (κ1) is 16.6. The fourth-order valence-electron chi connectivity index (χ4n) is 5.94. The molecule has 5 rings (SSSR count). The average molecular weight is 357 g/mol. The summed E-state index contributed by atoms with van der Waals surface area (Å²) in [5.41, 5.74) is 2.50. The molecule has 0 aromatic heterocycles. The molecule has 0 bridgehead atoms. The van der Waals surface area contributed by atoms with Crippen molar-refractivity contribution in [1.29, 1.82) is 0 Å². The number of rotatable bonds is 4. The molecule has 1 unspecified atom stereocenters. The van der Waals surface area contributed by atoms with Crippen LogP contribution in [0, 0.1) is 5.92 Å². The van der Waals surface area contributed by atoms with Gasteiger partial charge in [0.05, 0.1) is 20.3 Å². The Morgan fingerprint density at radius 2 is 2.15 bits per heavy atom. The van der Waals surface area contributed by atoms with E-state index in [9.17, 15) is 0 Å². The summed E-state index contributed by atoms with van der Waals surface area (Å²) in [4.78, 5) is 0. The van der Waals surface area contributed by atoms with E-state index in [1.165, 1.54) is 11.1 Å². The van der Waals surface area contributed by atoms with E-state index < -0.39 is 5.79 Å². The van der Waals surface area contributed by atoms with Gasteiger partial charge in [-0.25, -0.2) is 0 Å². The minimum absolute atomic E-state index is 0.144. The molecule has 0 amide bonds. The van der Waals surface area contributed by atoms with Gasteiger partial charge in [-0.3, -0.25) is 0 Å². The molecule has 140 valence electrons. The lowest BCUT2D eigenvalue weighted by molar-refractivity contribution is -0.250. The Hall–Kier alpha value is -1.56. The second-order valence-electron chi connectivity index (χ2n) is 8.07. The number of ether oxygens (including phenoxy) is 4. The van der Waals surface area contributed by atoms with Crippen LogP contribution in [0.15, 0.2) is 24.8 Å². The third-order valence-corrected chi connectivity index (χ3v) is 6.95. The molecular formula is C21H27NO4. The molecule has 2 aliphatic carbocycles. The highest BCUT2D eigenvalue weighted by atomic mass is 16.8. The van der Waals surface area contributed by atoms with E-state index in [0.717, 1.165) is 37.3 Å². The molecule has 4 aliphatic rings. The molecule has 2 aliphatic heterocycles. The van der Waals surface area contributed by atoms with Gasteiger partial charge in [-0.15, -0.1) is 6.58 Å². The smallest absolute Gasteiger partial charge is 0.206 e. The fourth-order valence-corrected chi connectivity index (χ4v) is 5.94. The molecule has 4 atom stereocenters. The number of fused-ring (bicyclic) bond motifs is 1. The normalized spacial score (nSPS) is 35.8. The zero-order chi connectivity index (χ0) is 17.9. The van der Waals surface area contributed by atoms with Gasteiger partial charge >= 0.3 is 0 Å². The Bertz CT molecular complexity index is 742. The quantitative estimate of drug-likeness (QED) is 0.840. The predicted molar refractivity (Wildman–Crippen MR) is 97.8 cm³/mol. The fraction of sp³-hybridized carbons (Fsp3) is 0.619. The summed E-state index contributed by atoms with van der Waals surface area (Å²) < 4.78 is 24.6. The maximum Gasteiger partial charge on any atom is 0.206 e. The number of benzene rings is 1. The molecule has 26 heavy (non-hydrogen) atoms. The molecule has 1 aromatic rings. The van der Waals surface area contributed by atoms with Crippen LogP contribution in [0.25, 0.3) is 0 Å². The second kappa shape index (κ2) is 5.72. The van der Waals surface area contributed by atoms with Crippen LogP contribution in [0.2, 0.25) is 0 Å². The molecule has 1 saturated carbocycles. The molecule has 1 aromatic carbocycles. The zero-order valence-corrected chi connectivity index (χ0v) is 15.5. The first-order valence-electron chi connectivity index (χ1n) is 9.63. The van der Waals surface area contributed by atoms with Gasteiger partial charge in [-0.05, 0) is 30.4 Å². The summed E-state index contributed by atoms with van der Waals surface area (Å²) in [6, 6.07) is 4.63. The van der Waals surface area contributed by atoms with Crippen molar-refractivity contribution in [2.24, 2.45) is 5.92 Å². The summed E-state index contributed by atoms with van der Waals surface area (Å²) in [5, 5.41) is 3.70. The van der Waals surface area contributed by atoms with Crippen LogP contribution in [-0.2, 0) is 21.3 Å². The van der Waals surface area contributed by atoms with E-state index in [-0.39, 0.29) is 11.5 Å². The molecule has 5 nitrogen and oxygen atoms in total. The highest BCUT2D eigenvalue weighted by molar-refractivity contribution is 5.60. The van der Waals surface area contributed by atoms with Crippen molar-refractivity contribution in [3.05, 3.63) is 35.9 Å². The van der Waals surface area contributed by atoms with E-state index in [1.807, 2.05) is 12.1 Å². The molecule has 2 fully saturated rings. The van der Waals surface area contributed by atoms with Gasteiger partial charge in [0.25, 0.3) is 0 Å². The monoisotopic (exact) mass is 357 g/mol. The Morgan fingerprint density at radius 1 is 1.35 bits per heavy atom. The van der Waals surface area contributed by atoms with Crippen LogP contribution in [0.1, 0.15) is 30.9 Å². The van der Waals surface area contributed by atoms with Crippen LogP contribution in [0.4, 0.5) is 0 Å². The maximum atomic E-state index is 6.59. The van der Waals surface area contributed by atoms with Crippen molar-refractivity contribution in [3.8, 4) is 11.5 Å². The van der Waals surface area contributed by atoms with Crippen LogP contribution in [-0.4, -0.2) is 44.8 Å². The summed E-state index contributed by atoms with van der Waals surface area (Å²) in [6.07, 6.45) is 4.73. The molecule has 0 radical (unpaired) electrons. The van der Waals surface area contributed by atoms with Crippen molar-refractivity contribution >= 4 is 0 Å². The van der Waals surface area contributed by atoms with Crippen molar-refractivity contribution in [3.63, 3.8) is 0 Å². The van der Waals surface area contributed by atoms with Gasteiger partial charge in [-0.2, -0.15) is 0 Å². The first-order valence-corrected chi connectivity index (χ1v) is 9.63. The van der Waals surface area contributed by atoms with Crippen molar-refractivity contribution in [2.75, 3.05) is 26.9 Å². The third kappa shape index (κ3) is 1.97. The average Bonchev–Trinajstić information content (AvgIpc) is 3.24. The maximum absolute atomic E-state index is 6.59. The van der Waals surface area contributed by atoms with Crippen molar-refractivity contribution in [2.45, 2.75) is 49.5 Å². The lowest BCUT2D eigenvalue weighted by atomic mass is 9.54. The summed E-state index contributed by atoms with van der Waals surface area (Å²) in [5.74, 6) is 1.54. The van der Waals surface area contributed by atoms with Gasteiger partial charge in [0.1, 0.15) is 0 Å². The number of hydrogen-bond donors (Lipinski definition) is 1. The van der Waals surface area contributed by atoms with Crippen LogP contribution < -0.4 is 14.8 Å². The van der Waals surface area contributed by atoms with E-state index >= 15 is 0 Å². The van der Waals surface area contributed by atoms with Gasteiger partial charge < -0.3 is 24.3 Å². The Morgan fingerprint density at radius 3 is 2.88 bits per heavy atom. The number of hydrogen-bond acceptors (Lipinski definition) is 5. The van der Waals surface area contributed by atoms with E-state index in [0.29, 0.717) is 25.2 Å². The Balaban J connectivity index is 1.67. The van der Waals surface area contributed by atoms with Crippen LogP contribution >= 0.6 is 0 Å². The molecule has 1 saturated heterocycles. The lowest BCUT2D eigenvalue weighted by Crippen LogP contribution is -2.65. The van der Waals surface area contributed by atoms with E-state index in [4.69, 9.17) is 18.9 Å². The van der Waals surface area contributed by atoms with Crippen LogP contribution in [0.3, 0.4) is 0 Å². The third-order valence-electron chi connectivity index (χ3n) is 6.95. The number of nitrogens with one attached hydrogen (secondary N) is 1. The predicted octanol–water partition coefficient (Wildman–Crippen LogP) is 2.57. The number of methoxy groups -OCH3 is 1. The van der Waals surface area contributed by atoms with Crippen LogP contribution in [0.5, 0.6) is 11.5 Å². The van der Waals surface area contributed by atoms with E-state index in [1.54, 1.807) is 7.11 Å². The van der Waals surface area contributed by atoms with Crippen molar-refractivity contribution in [1.82, 2.24) is 5.32 Å². The summed E-state index contributed by atoms with van der Waals surface area (Å²) in [7, 11) is 1.71. The van der Waals surface area contributed by atoms with E-state index in [2.05, 4.69) is 24.9 Å². The van der Waals surface area contributed by atoms with Crippen molar-refractivity contribution < 1.29 is 18.9 Å². The summed E-state index contributed by atoms with van der Waals surface area (Å²) in [6.45, 7) is 8.31. The van der Waals surface area contributed by atoms with Gasteiger partial charge in [0.15, 0.2) is 17.6 Å². The first-order chi connectivity index (χ1) is 12.6. The molecular weight excluding hydrogens is 330 g/mol. The van der Waals surface area contributed by atoms with Gasteiger partial charge in [0, 0.05) is 30.0 Å². The lowest BCUT2D eigenvalue weighted by Gasteiger charge is -2.54. The second-order valence-corrected chi connectivity index (χ2v) is 8.07. The van der Waals surface area contributed by atoms with Gasteiger partial charge in [0.2, 0.25) is 5.79 Å². The molecule has 5 heteroatoms. The standard InChI is InChI=1S/C21H27NO4/c1-4-9-22-15-12-13-5-6-16(23-3)18-17(13)20(2)14(15)7-8-21(19(20)26-18)24-10-11-25-21/h4-6,14-15,19,22H,1,7-12H2,2-3H3/t14-,15+,19+,20?/m1/s1. The molecule has 1 spiro atoms. The topological polar surface area (TPSA) is 49.0 Å². The highest BCUT2D eigenvalue weighted by Crippen LogP contribution is 2.63. The zero-order valence-electron chi connectivity index (χ0n) is 15.5. The Kier molecular flexibility index (Phi) is 3.65. The summed E-state index contributed by atoms with van der Waals surface area (Å²) >= 11 is 0. The SMILES string of the molecule is C=CCN[C@H]1Cc2ccc(OC)c3c2C2(C)[C@@H]1CCC1(OCCO1)[C@H]2O3. The molecule has 1 N–H and O–H groups in total. The highest BCUT2D eigenvalue weighted by Gasteiger charge is 2.68. The Labute approximate surface area is 154 Å². The molecule has 2 heterocycles. The van der Waals surface area contributed by atoms with Gasteiger partial charge in [-0.1, -0.05) is 19.1 Å².